The SMILES string of the molecule is COCC(NC(=O)NC(C(=O)O)C1CC1)C(C)C. The molecule has 104 valence electrons. The van der Waals surface area contributed by atoms with E-state index < -0.39 is 18.0 Å². The first-order valence-corrected chi connectivity index (χ1v) is 6.24. The van der Waals surface area contributed by atoms with Crippen LogP contribution in [-0.2, 0) is 9.53 Å². The second-order valence-electron chi connectivity index (χ2n) is 5.08. The van der Waals surface area contributed by atoms with Gasteiger partial charge < -0.3 is 20.5 Å². The van der Waals surface area contributed by atoms with Crippen LogP contribution in [0.3, 0.4) is 0 Å². The van der Waals surface area contributed by atoms with E-state index in [-0.39, 0.29) is 17.9 Å². The van der Waals surface area contributed by atoms with Gasteiger partial charge in [0.1, 0.15) is 6.04 Å². The minimum Gasteiger partial charge on any atom is -0.480 e. The second kappa shape index (κ2) is 6.58. The van der Waals surface area contributed by atoms with Gasteiger partial charge in [-0.25, -0.2) is 9.59 Å². The van der Waals surface area contributed by atoms with Crippen molar-refractivity contribution >= 4 is 12.0 Å². The molecule has 2 atom stereocenters. The molecule has 0 aliphatic heterocycles. The van der Waals surface area contributed by atoms with Crippen molar-refractivity contribution in [1.29, 1.82) is 0 Å². The van der Waals surface area contributed by atoms with Crippen molar-refractivity contribution in [3.05, 3.63) is 0 Å². The molecule has 1 aliphatic carbocycles. The van der Waals surface area contributed by atoms with Gasteiger partial charge in [0.15, 0.2) is 0 Å². The zero-order valence-electron chi connectivity index (χ0n) is 11.1. The van der Waals surface area contributed by atoms with Crippen LogP contribution in [0, 0.1) is 11.8 Å². The van der Waals surface area contributed by atoms with Gasteiger partial charge in [0, 0.05) is 7.11 Å². The Kier molecular flexibility index (Phi) is 5.40. The highest BCUT2D eigenvalue weighted by atomic mass is 16.5. The number of carbonyl (C=O) groups excluding carboxylic acids is 1. The molecule has 0 spiro atoms. The molecule has 0 aromatic rings. The molecule has 6 heteroatoms. The minimum atomic E-state index is -0.972. The lowest BCUT2D eigenvalue weighted by atomic mass is 10.1. The van der Waals surface area contributed by atoms with E-state index in [0.29, 0.717) is 6.61 Å². The quantitative estimate of drug-likeness (QED) is 0.631. The number of carboxylic acid groups (broad SMARTS) is 1. The third-order valence-corrected chi connectivity index (χ3v) is 3.11. The third kappa shape index (κ3) is 4.52. The molecule has 0 saturated heterocycles. The fourth-order valence-corrected chi connectivity index (χ4v) is 1.74. The Bertz CT molecular complexity index is 302. The number of nitrogens with one attached hydrogen (secondary N) is 2. The summed E-state index contributed by atoms with van der Waals surface area (Å²) in [5.41, 5.74) is 0. The molecule has 3 N–H and O–H groups in total. The van der Waals surface area contributed by atoms with Crippen LogP contribution in [0.15, 0.2) is 0 Å². The smallest absolute Gasteiger partial charge is 0.326 e. The van der Waals surface area contributed by atoms with Gasteiger partial charge in [0.2, 0.25) is 0 Å². The van der Waals surface area contributed by atoms with Crippen LogP contribution in [0.5, 0.6) is 0 Å². The predicted octanol–water partition coefficient (Wildman–Crippen LogP) is 0.820. The lowest BCUT2D eigenvalue weighted by Gasteiger charge is -2.23. The van der Waals surface area contributed by atoms with Crippen molar-refractivity contribution in [1.82, 2.24) is 10.6 Å². The molecule has 0 radical (unpaired) electrons. The first-order chi connectivity index (χ1) is 8.45. The summed E-state index contributed by atoms with van der Waals surface area (Å²) in [5.74, 6) is -0.673. The van der Waals surface area contributed by atoms with Crippen molar-refractivity contribution in [3.63, 3.8) is 0 Å². The average Bonchev–Trinajstić information content (AvgIpc) is 3.08. The number of ether oxygens (including phenoxy) is 1. The highest BCUT2D eigenvalue weighted by Crippen LogP contribution is 2.32. The fraction of sp³-hybridized carbons (Fsp3) is 0.833. The second-order valence-corrected chi connectivity index (χ2v) is 5.08. The molecule has 0 aromatic heterocycles. The van der Waals surface area contributed by atoms with Gasteiger partial charge >= 0.3 is 12.0 Å². The molecule has 0 aromatic carbocycles. The lowest BCUT2D eigenvalue weighted by Crippen LogP contribution is -2.52. The largest absolute Gasteiger partial charge is 0.480 e. The van der Waals surface area contributed by atoms with Crippen LogP contribution in [0.25, 0.3) is 0 Å². The molecule has 1 fully saturated rings. The Morgan fingerprint density at radius 2 is 1.94 bits per heavy atom. The number of amides is 2. The molecule has 1 rings (SSSR count). The maximum atomic E-state index is 11.7. The molecule has 1 aliphatic rings. The van der Waals surface area contributed by atoms with E-state index in [1.165, 1.54) is 0 Å². The number of urea groups is 1. The molecular weight excluding hydrogens is 236 g/mol. The summed E-state index contributed by atoms with van der Waals surface area (Å²) in [6, 6.07) is -1.34. The van der Waals surface area contributed by atoms with E-state index in [1.54, 1.807) is 7.11 Å². The van der Waals surface area contributed by atoms with E-state index in [9.17, 15) is 9.59 Å². The van der Waals surface area contributed by atoms with Gasteiger partial charge in [-0.1, -0.05) is 13.8 Å². The Labute approximate surface area is 107 Å². The molecule has 2 amide bonds. The van der Waals surface area contributed by atoms with Gasteiger partial charge in [0.25, 0.3) is 0 Å². The van der Waals surface area contributed by atoms with E-state index in [1.807, 2.05) is 13.8 Å². The summed E-state index contributed by atoms with van der Waals surface area (Å²) in [6.07, 6.45) is 1.73. The summed E-state index contributed by atoms with van der Waals surface area (Å²) in [7, 11) is 1.57. The summed E-state index contributed by atoms with van der Waals surface area (Å²) in [6.45, 7) is 4.35. The van der Waals surface area contributed by atoms with E-state index in [0.717, 1.165) is 12.8 Å². The molecule has 1 saturated carbocycles. The molecular formula is C12H22N2O4. The molecule has 18 heavy (non-hydrogen) atoms. The first kappa shape index (κ1) is 14.8. The molecule has 0 heterocycles. The van der Waals surface area contributed by atoms with E-state index >= 15 is 0 Å². The number of hydrogen-bond acceptors (Lipinski definition) is 3. The highest BCUT2D eigenvalue weighted by Gasteiger charge is 2.37. The Morgan fingerprint density at radius 3 is 2.33 bits per heavy atom. The van der Waals surface area contributed by atoms with Crippen molar-refractivity contribution < 1.29 is 19.4 Å². The molecule has 6 nitrogen and oxygen atoms in total. The van der Waals surface area contributed by atoms with Crippen molar-refractivity contribution in [3.8, 4) is 0 Å². The standard InChI is InChI=1S/C12H22N2O4/c1-7(2)9(6-18-3)13-12(17)14-10(11(15)16)8-4-5-8/h7-10H,4-6H2,1-3H3,(H,15,16)(H2,13,14,17). The topological polar surface area (TPSA) is 87.7 Å². The van der Waals surface area contributed by atoms with Crippen molar-refractivity contribution in [2.45, 2.75) is 38.8 Å². The predicted molar refractivity (Wildman–Crippen MR) is 66.3 cm³/mol. The number of carbonyl (C=O) groups is 2. The first-order valence-electron chi connectivity index (χ1n) is 6.24. The summed E-state index contributed by atoms with van der Waals surface area (Å²) in [4.78, 5) is 22.7. The van der Waals surface area contributed by atoms with Crippen LogP contribution in [-0.4, -0.2) is 42.9 Å². The van der Waals surface area contributed by atoms with Crippen LogP contribution in [0.1, 0.15) is 26.7 Å². The Morgan fingerprint density at radius 1 is 1.33 bits per heavy atom. The van der Waals surface area contributed by atoms with Gasteiger partial charge in [-0.05, 0) is 24.7 Å². The van der Waals surface area contributed by atoms with Gasteiger partial charge in [0.05, 0.1) is 12.6 Å². The van der Waals surface area contributed by atoms with Gasteiger partial charge in [-0.2, -0.15) is 0 Å². The zero-order chi connectivity index (χ0) is 13.7. The molecule has 2 unspecified atom stereocenters. The summed E-state index contributed by atoms with van der Waals surface area (Å²) >= 11 is 0. The van der Waals surface area contributed by atoms with E-state index in [4.69, 9.17) is 9.84 Å². The van der Waals surface area contributed by atoms with Gasteiger partial charge in [-0.3, -0.25) is 0 Å². The van der Waals surface area contributed by atoms with Crippen molar-refractivity contribution in [2.75, 3.05) is 13.7 Å². The zero-order valence-corrected chi connectivity index (χ0v) is 11.1. The van der Waals surface area contributed by atoms with Crippen LogP contribution in [0.4, 0.5) is 4.79 Å². The minimum absolute atomic E-state index is 0.0770. The van der Waals surface area contributed by atoms with Crippen LogP contribution >= 0.6 is 0 Å². The maximum Gasteiger partial charge on any atom is 0.326 e. The normalized spacial score (nSPS) is 18.2. The number of hydrogen-bond donors (Lipinski definition) is 3. The summed E-state index contributed by atoms with van der Waals surface area (Å²) in [5, 5.41) is 14.3. The Hall–Kier alpha value is -1.30. The number of aliphatic carboxylic acids is 1. The maximum absolute atomic E-state index is 11.7. The fourth-order valence-electron chi connectivity index (χ4n) is 1.74. The molecule has 0 bridgehead atoms. The highest BCUT2D eigenvalue weighted by molar-refractivity contribution is 5.83. The monoisotopic (exact) mass is 258 g/mol. The summed E-state index contributed by atoms with van der Waals surface area (Å²) < 4.78 is 5.02. The van der Waals surface area contributed by atoms with Gasteiger partial charge in [-0.15, -0.1) is 0 Å². The van der Waals surface area contributed by atoms with Crippen LogP contribution in [0.2, 0.25) is 0 Å². The van der Waals surface area contributed by atoms with Crippen LogP contribution < -0.4 is 10.6 Å². The number of methoxy groups -OCH3 is 1. The van der Waals surface area contributed by atoms with Crippen molar-refractivity contribution in [2.24, 2.45) is 11.8 Å². The third-order valence-electron chi connectivity index (χ3n) is 3.11. The number of rotatable bonds is 7. The number of carboxylic acids is 1. The Balaban J connectivity index is 2.45. The lowest BCUT2D eigenvalue weighted by molar-refractivity contribution is -0.139. The van der Waals surface area contributed by atoms with E-state index in [2.05, 4.69) is 10.6 Å². The average molecular weight is 258 g/mol.